The van der Waals surface area contributed by atoms with Crippen molar-refractivity contribution in [3.8, 4) is 11.1 Å². The molecule has 29 heavy (non-hydrogen) atoms. The number of rotatable bonds is 5. The molecule has 2 aromatic rings. The maximum atomic E-state index is 13.2. The first-order chi connectivity index (χ1) is 13.8. The van der Waals surface area contributed by atoms with Crippen molar-refractivity contribution in [2.45, 2.75) is 76.7 Å². The number of nitrogens with one attached hydrogen (secondary N) is 2. The molecule has 1 heterocycles. The van der Waals surface area contributed by atoms with E-state index in [1.807, 2.05) is 6.07 Å². The molecule has 0 bridgehead atoms. The van der Waals surface area contributed by atoms with Gasteiger partial charge in [-0.3, -0.25) is 10.1 Å². The Labute approximate surface area is 172 Å². The van der Waals surface area contributed by atoms with Crippen LogP contribution in [0.2, 0.25) is 0 Å². The minimum atomic E-state index is -3.67. The van der Waals surface area contributed by atoms with Crippen molar-refractivity contribution in [3.05, 3.63) is 29.5 Å². The topological polar surface area (TPSA) is 101 Å². The summed E-state index contributed by atoms with van der Waals surface area (Å²) in [6.07, 6.45) is 7.38. The zero-order chi connectivity index (χ0) is 21.0. The van der Waals surface area contributed by atoms with E-state index < -0.39 is 10.0 Å². The number of anilines is 1. The van der Waals surface area contributed by atoms with Crippen LogP contribution in [-0.4, -0.2) is 25.5 Å². The molecular formula is C21H29N3O4S. The quantitative estimate of drug-likeness (QED) is 0.752. The van der Waals surface area contributed by atoms with Gasteiger partial charge in [-0.1, -0.05) is 49.4 Å². The molecule has 1 saturated carbocycles. The van der Waals surface area contributed by atoms with Crippen LogP contribution < -0.4 is 10.0 Å². The number of hydrogen-bond acceptors (Lipinski definition) is 5. The molecule has 8 heteroatoms. The van der Waals surface area contributed by atoms with Crippen LogP contribution in [0.1, 0.15) is 63.1 Å². The van der Waals surface area contributed by atoms with Crippen molar-refractivity contribution >= 4 is 21.8 Å². The van der Waals surface area contributed by atoms with Gasteiger partial charge >= 0.3 is 0 Å². The van der Waals surface area contributed by atoms with E-state index in [0.29, 0.717) is 22.4 Å². The number of carbonyl (C=O) groups excluding carboxylic acids is 1. The van der Waals surface area contributed by atoms with Crippen LogP contribution in [0.15, 0.2) is 27.6 Å². The lowest BCUT2D eigenvalue weighted by Crippen LogP contribution is -2.35. The van der Waals surface area contributed by atoms with Gasteiger partial charge in [-0.2, -0.15) is 0 Å². The summed E-state index contributed by atoms with van der Waals surface area (Å²) in [5, 5.41) is 6.53. The maximum absolute atomic E-state index is 13.2. The molecule has 0 unspecified atom stereocenters. The number of benzene rings is 1. The molecule has 3 rings (SSSR count). The molecule has 1 aliphatic carbocycles. The Bertz CT molecular complexity index is 974. The lowest BCUT2D eigenvalue weighted by atomic mass is 9.97. The fourth-order valence-corrected chi connectivity index (χ4v) is 5.43. The van der Waals surface area contributed by atoms with Crippen LogP contribution in [0, 0.1) is 13.8 Å². The zero-order valence-corrected chi connectivity index (χ0v) is 18.1. The summed E-state index contributed by atoms with van der Waals surface area (Å²) in [6, 6.07) is 5.18. The van der Waals surface area contributed by atoms with Crippen molar-refractivity contribution in [2.24, 2.45) is 0 Å². The predicted octanol–water partition coefficient (Wildman–Crippen LogP) is 4.31. The average Bonchev–Trinajstić information content (AvgIpc) is 2.97. The van der Waals surface area contributed by atoms with E-state index in [1.165, 1.54) is 13.3 Å². The van der Waals surface area contributed by atoms with Crippen LogP contribution in [0.5, 0.6) is 0 Å². The van der Waals surface area contributed by atoms with E-state index in [2.05, 4.69) is 15.2 Å². The highest BCUT2D eigenvalue weighted by Crippen LogP contribution is 2.34. The summed E-state index contributed by atoms with van der Waals surface area (Å²) in [7, 11) is -3.67. The molecule has 1 aromatic heterocycles. The van der Waals surface area contributed by atoms with Gasteiger partial charge in [0.2, 0.25) is 21.8 Å². The van der Waals surface area contributed by atoms with Crippen molar-refractivity contribution in [1.29, 1.82) is 0 Å². The Hall–Kier alpha value is -2.19. The highest BCUT2D eigenvalue weighted by molar-refractivity contribution is 7.89. The van der Waals surface area contributed by atoms with Crippen molar-refractivity contribution in [3.63, 3.8) is 0 Å². The second-order valence-electron chi connectivity index (χ2n) is 7.80. The molecule has 0 saturated heterocycles. The van der Waals surface area contributed by atoms with Crippen LogP contribution in [0.3, 0.4) is 0 Å². The summed E-state index contributed by atoms with van der Waals surface area (Å²) in [4.78, 5) is 11.7. The Morgan fingerprint density at radius 1 is 1.10 bits per heavy atom. The van der Waals surface area contributed by atoms with Gasteiger partial charge in [-0.15, -0.1) is 0 Å². The Morgan fingerprint density at radius 2 is 1.76 bits per heavy atom. The van der Waals surface area contributed by atoms with Crippen LogP contribution >= 0.6 is 0 Å². The summed E-state index contributed by atoms with van der Waals surface area (Å²) >= 11 is 0. The molecule has 0 radical (unpaired) electrons. The summed E-state index contributed by atoms with van der Waals surface area (Å²) in [6.45, 7) is 4.92. The number of carbonyl (C=O) groups is 1. The molecule has 158 valence electrons. The number of nitrogens with zero attached hydrogens (tertiary/aromatic N) is 1. The molecule has 7 nitrogen and oxygen atoms in total. The predicted molar refractivity (Wildman–Crippen MR) is 112 cm³/mol. The number of hydrogen-bond donors (Lipinski definition) is 2. The maximum Gasteiger partial charge on any atom is 0.241 e. The van der Waals surface area contributed by atoms with E-state index in [0.717, 1.165) is 38.5 Å². The van der Waals surface area contributed by atoms with E-state index in [-0.39, 0.29) is 22.7 Å². The van der Waals surface area contributed by atoms with E-state index in [1.54, 1.807) is 26.0 Å². The zero-order valence-electron chi connectivity index (χ0n) is 17.2. The fourth-order valence-electron chi connectivity index (χ4n) is 3.86. The van der Waals surface area contributed by atoms with Crippen LogP contribution in [0.25, 0.3) is 11.1 Å². The lowest BCUT2D eigenvalue weighted by Gasteiger charge is -2.21. The Balaban J connectivity index is 1.93. The fraction of sp³-hybridized carbons (Fsp3) is 0.524. The normalized spacial score (nSPS) is 16.2. The highest BCUT2D eigenvalue weighted by Gasteiger charge is 2.24. The molecule has 0 spiro atoms. The standard InChI is InChI=1S/C21H29N3O4S/c1-14-11-12-17(20-15(2)23-28-21(20)22-16(3)25)13-19(14)29(26,27)24-18-9-7-5-4-6-8-10-18/h11-13,18,24H,4-10H2,1-3H3,(H,22,25). The second kappa shape index (κ2) is 9.09. The Morgan fingerprint density at radius 3 is 2.41 bits per heavy atom. The third kappa shape index (κ3) is 5.25. The van der Waals surface area contributed by atoms with Gasteiger partial charge in [0.05, 0.1) is 16.2 Å². The first kappa shape index (κ1) is 21.5. The molecule has 1 fully saturated rings. The second-order valence-corrected chi connectivity index (χ2v) is 9.48. The van der Waals surface area contributed by atoms with Gasteiger partial charge in [0.1, 0.15) is 0 Å². The van der Waals surface area contributed by atoms with E-state index in [9.17, 15) is 13.2 Å². The van der Waals surface area contributed by atoms with Gasteiger partial charge in [0.15, 0.2) is 0 Å². The summed E-state index contributed by atoms with van der Waals surface area (Å²) in [5.41, 5.74) is 2.47. The number of amides is 1. The Kier molecular flexibility index (Phi) is 6.74. The monoisotopic (exact) mass is 419 g/mol. The van der Waals surface area contributed by atoms with Crippen LogP contribution in [-0.2, 0) is 14.8 Å². The van der Waals surface area contributed by atoms with Gasteiger partial charge in [0, 0.05) is 13.0 Å². The SMILES string of the molecule is CC(=O)Nc1onc(C)c1-c1ccc(C)c(S(=O)(=O)NC2CCCCCCC2)c1. The third-order valence-corrected chi connectivity index (χ3v) is 7.01. The molecular weight excluding hydrogens is 390 g/mol. The van der Waals surface area contributed by atoms with Crippen molar-refractivity contribution in [2.75, 3.05) is 5.32 Å². The minimum absolute atomic E-state index is 0.0318. The van der Waals surface area contributed by atoms with Gasteiger partial charge in [-0.25, -0.2) is 13.1 Å². The molecule has 2 N–H and O–H groups in total. The first-order valence-corrected chi connectivity index (χ1v) is 11.6. The van der Waals surface area contributed by atoms with Gasteiger partial charge in [-0.05, 0) is 43.9 Å². The number of aryl methyl sites for hydroxylation is 2. The van der Waals surface area contributed by atoms with E-state index >= 15 is 0 Å². The first-order valence-electron chi connectivity index (χ1n) is 10.1. The average molecular weight is 420 g/mol. The van der Waals surface area contributed by atoms with Gasteiger partial charge < -0.3 is 4.52 Å². The third-order valence-electron chi connectivity index (χ3n) is 5.35. The van der Waals surface area contributed by atoms with Gasteiger partial charge in [0.25, 0.3) is 0 Å². The largest absolute Gasteiger partial charge is 0.337 e. The smallest absolute Gasteiger partial charge is 0.241 e. The lowest BCUT2D eigenvalue weighted by molar-refractivity contribution is -0.114. The number of aromatic nitrogens is 1. The van der Waals surface area contributed by atoms with Crippen LogP contribution in [0.4, 0.5) is 5.88 Å². The molecule has 1 amide bonds. The summed E-state index contributed by atoms with van der Waals surface area (Å²) in [5.74, 6) is -0.0662. The molecule has 1 aliphatic rings. The van der Waals surface area contributed by atoms with Crippen molar-refractivity contribution < 1.29 is 17.7 Å². The number of sulfonamides is 1. The van der Waals surface area contributed by atoms with E-state index in [4.69, 9.17) is 4.52 Å². The summed E-state index contributed by atoms with van der Waals surface area (Å²) < 4.78 is 34.5. The highest BCUT2D eigenvalue weighted by atomic mass is 32.2. The van der Waals surface area contributed by atoms with Crippen molar-refractivity contribution in [1.82, 2.24) is 9.88 Å². The molecule has 0 aliphatic heterocycles. The molecule has 1 aromatic carbocycles. The molecule has 0 atom stereocenters. The minimum Gasteiger partial charge on any atom is -0.337 e.